The Morgan fingerprint density at radius 2 is 2.14 bits per heavy atom. The first-order valence-electron chi connectivity index (χ1n) is 6.35. The SMILES string of the molecule is Cc1nc(CNC(=O)N[C@@H](C)c2cc(F)c(Cl)cc2Cl)no1. The van der Waals surface area contributed by atoms with Crippen molar-refractivity contribution in [3.63, 3.8) is 0 Å². The van der Waals surface area contributed by atoms with Gasteiger partial charge in [0, 0.05) is 11.9 Å². The van der Waals surface area contributed by atoms with Gasteiger partial charge in [0.2, 0.25) is 5.89 Å². The lowest BCUT2D eigenvalue weighted by Gasteiger charge is -2.16. The van der Waals surface area contributed by atoms with E-state index in [2.05, 4.69) is 20.8 Å². The van der Waals surface area contributed by atoms with Crippen LogP contribution in [-0.4, -0.2) is 16.2 Å². The number of aromatic nitrogens is 2. The molecule has 2 amide bonds. The Labute approximate surface area is 136 Å². The fraction of sp³-hybridized carbons (Fsp3) is 0.308. The highest BCUT2D eigenvalue weighted by atomic mass is 35.5. The zero-order chi connectivity index (χ0) is 16.3. The monoisotopic (exact) mass is 346 g/mol. The van der Waals surface area contributed by atoms with Crippen molar-refractivity contribution in [1.29, 1.82) is 0 Å². The van der Waals surface area contributed by atoms with Crippen molar-refractivity contribution in [1.82, 2.24) is 20.8 Å². The van der Waals surface area contributed by atoms with Crippen LogP contribution in [-0.2, 0) is 6.54 Å². The van der Waals surface area contributed by atoms with Gasteiger partial charge < -0.3 is 15.2 Å². The van der Waals surface area contributed by atoms with Crippen molar-refractivity contribution in [2.24, 2.45) is 0 Å². The van der Waals surface area contributed by atoms with Gasteiger partial charge in [-0.15, -0.1) is 0 Å². The second-order valence-corrected chi connectivity index (χ2v) is 5.38. The van der Waals surface area contributed by atoms with Gasteiger partial charge in [0.15, 0.2) is 5.82 Å². The summed E-state index contributed by atoms with van der Waals surface area (Å²) in [7, 11) is 0. The topological polar surface area (TPSA) is 80.0 Å². The largest absolute Gasteiger partial charge is 0.340 e. The predicted octanol–water partition coefficient (Wildman–Crippen LogP) is 3.38. The number of urea groups is 1. The molecule has 0 saturated carbocycles. The smallest absolute Gasteiger partial charge is 0.315 e. The number of rotatable bonds is 4. The molecule has 2 rings (SSSR count). The Bertz CT molecular complexity index is 693. The molecule has 0 spiro atoms. The average Bonchev–Trinajstić information content (AvgIpc) is 2.86. The van der Waals surface area contributed by atoms with Crippen LogP contribution < -0.4 is 10.6 Å². The number of nitrogens with one attached hydrogen (secondary N) is 2. The van der Waals surface area contributed by atoms with Crippen LogP contribution in [0.1, 0.15) is 30.2 Å². The molecule has 2 aromatic rings. The fourth-order valence-corrected chi connectivity index (χ4v) is 2.31. The molecular formula is C13H13Cl2FN4O2. The summed E-state index contributed by atoms with van der Waals surface area (Å²) in [6.45, 7) is 3.43. The molecule has 1 aromatic carbocycles. The number of amides is 2. The van der Waals surface area contributed by atoms with Crippen LogP contribution in [0.15, 0.2) is 16.7 Å². The molecule has 0 aliphatic carbocycles. The van der Waals surface area contributed by atoms with Gasteiger partial charge in [0.25, 0.3) is 0 Å². The van der Waals surface area contributed by atoms with Crippen molar-refractivity contribution in [3.05, 3.63) is 45.3 Å². The van der Waals surface area contributed by atoms with Gasteiger partial charge in [-0.1, -0.05) is 28.4 Å². The first-order valence-corrected chi connectivity index (χ1v) is 7.10. The van der Waals surface area contributed by atoms with Gasteiger partial charge in [-0.25, -0.2) is 9.18 Å². The number of benzene rings is 1. The number of carbonyl (C=O) groups is 1. The lowest BCUT2D eigenvalue weighted by molar-refractivity contribution is 0.237. The minimum absolute atomic E-state index is 0.0714. The number of hydrogen-bond donors (Lipinski definition) is 2. The summed E-state index contributed by atoms with van der Waals surface area (Å²) in [5.74, 6) is 0.169. The third-order valence-corrected chi connectivity index (χ3v) is 3.45. The van der Waals surface area contributed by atoms with E-state index in [1.807, 2.05) is 0 Å². The molecule has 0 saturated heterocycles. The standard InChI is InChI=1S/C13H13Cl2FN4O2/c1-6(8-3-11(16)10(15)4-9(8)14)18-13(21)17-5-12-19-7(2)22-20-12/h3-4,6H,5H2,1-2H3,(H2,17,18,21)/t6-/m0/s1. The molecule has 0 aliphatic rings. The molecule has 0 radical (unpaired) electrons. The van der Waals surface area contributed by atoms with E-state index in [0.29, 0.717) is 17.3 Å². The molecule has 9 heteroatoms. The summed E-state index contributed by atoms with van der Waals surface area (Å²) in [6.07, 6.45) is 0. The zero-order valence-electron chi connectivity index (χ0n) is 11.8. The number of hydrogen-bond acceptors (Lipinski definition) is 4. The molecule has 0 unspecified atom stereocenters. The molecule has 0 fully saturated rings. The maximum absolute atomic E-state index is 13.5. The molecule has 1 heterocycles. The molecule has 1 atom stereocenters. The molecule has 22 heavy (non-hydrogen) atoms. The second-order valence-electron chi connectivity index (χ2n) is 4.57. The van der Waals surface area contributed by atoms with Crippen LogP contribution in [0.25, 0.3) is 0 Å². The molecule has 2 N–H and O–H groups in total. The molecule has 6 nitrogen and oxygen atoms in total. The minimum atomic E-state index is -0.600. The van der Waals surface area contributed by atoms with Gasteiger partial charge in [-0.2, -0.15) is 4.98 Å². The Kier molecular flexibility index (Phi) is 5.20. The highest BCUT2D eigenvalue weighted by Crippen LogP contribution is 2.28. The van der Waals surface area contributed by atoms with Gasteiger partial charge in [0.1, 0.15) is 5.82 Å². The van der Waals surface area contributed by atoms with E-state index in [0.717, 1.165) is 0 Å². The van der Waals surface area contributed by atoms with Gasteiger partial charge in [-0.05, 0) is 24.6 Å². The lowest BCUT2D eigenvalue weighted by atomic mass is 10.1. The van der Waals surface area contributed by atoms with Crippen molar-refractivity contribution >= 4 is 29.2 Å². The first kappa shape index (κ1) is 16.5. The van der Waals surface area contributed by atoms with Crippen molar-refractivity contribution in [2.75, 3.05) is 0 Å². The highest BCUT2D eigenvalue weighted by molar-refractivity contribution is 6.35. The van der Waals surface area contributed by atoms with E-state index in [1.54, 1.807) is 13.8 Å². The lowest BCUT2D eigenvalue weighted by Crippen LogP contribution is -2.37. The molecule has 118 valence electrons. The number of halogens is 3. The van der Waals surface area contributed by atoms with Crippen LogP contribution >= 0.6 is 23.2 Å². The summed E-state index contributed by atoms with van der Waals surface area (Å²) in [6, 6.07) is 1.51. The zero-order valence-corrected chi connectivity index (χ0v) is 13.3. The van der Waals surface area contributed by atoms with Crippen LogP contribution in [0.3, 0.4) is 0 Å². The van der Waals surface area contributed by atoms with E-state index >= 15 is 0 Å². The normalized spacial score (nSPS) is 12.0. The highest BCUT2D eigenvalue weighted by Gasteiger charge is 2.15. The second kappa shape index (κ2) is 6.93. The molecular weight excluding hydrogens is 334 g/mol. The van der Waals surface area contributed by atoms with E-state index in [9.17, 15) is 9.18 Å². The van der Waals surface area contributed by atoms with Crippen LogP contribution in [0, 0.1) is 12.7 Å². The summed E-state index contributed by atoms with van der Waals surface area (Å²) < 4.78 is 18.3. The summed E-state index contributed by atoms with van der Waals surface area (Å²) in [4.78, 5) is 15.7. The average molecular weight is 347 g/mol. The molecule has 0 bridgehead atoms. The summed E-state index contributed by atoms with van der Waals surface area (Å²) in [5.41, 5.74) is 0.425. The van der Waals surface area contributed by atoms with Crippen LogP contribution in [0.4, 0.5) is 9.18 Å². The minimum Gasteiger partial charge on any atom is -0.340 e. The van der Waals surface area contributed by atoms with Gasteiger partial charge in [0.05, 0.1) is 17.6 Å². The van der Waals surface area contributed by atoms with Crippen LogP contribution in [0.5, 0.6) is 0 Å². The number of carbonyl (C=O) groups excluding carboxylic acids is 1. The van der Waals surface area contributed by atoms with E-state index in [4.69, 9.17) is 27.7 Å². The quantitative estimate of drug-likeness (QED) is 0.831. The maximum atomic E-state index is 13.5. The fourth-order valence-electron chi connectivity index (χ4n) is 1.77. The molecule has 1 aromatic heterocycles. The Morgan fingerprint density at radius 3 is 2.77 bits per heavy atom. The van der Waals surface area contributed by atoms with Gasteiger partial charge in [-0.3, -0.25) is 0 Å². The third kappa shape index (κ3) is 4.08. The third-order valence-electron chi connectivity index (χ3n) is 2.83. The first-order chi connectivity index (χ1) is 10.4. The molecule has 0 aliphatic heterocycles. The number of nitrogens with zero attached hydrogens (tertiary/aromatic N) is 2. The van der Waals surface area contributed by atoms with E-state index in [-0.39, 0.29) is 16.6 Å². The predicted molar refractivity (Wildman–Crippen MR) is 79.2 cm³/mol. The van der Waals surface area contributed by atoms with Crippen LogP contribution in [0.2, 0.25) is 10.0 Å². The summed E-state index contributed by atoms with van der Waals surface area (Å²) in [5, 5.41) is 9.04. The maximum Gasteiger partial charge on any atom is 0.315 e. The number of aryl methyl sites for hydroxylation is 1. The Balaban J connectivity index is 1.95. The Hall–Kier alpha value is -1.86. The van der Waals surface area contributed by atoms with E-state index < -0.39 is 17.9 Å². The Morgan fingerprint density at radius 1 is 1.41 bits per heavy atom. The van der Waals surface area contributed by atoms with Crippen molar-refractivity contribution < 1.29 is 13.7 Å². The van der Waals surface area contributed by atoms with Gasteiger partial charge >= 0.3 is 6.03 Å². The van der Waals surface area contributed by atoms with Crippen molar-refractivity contribution in [3.8, 4) is 0 Å². The van der Waals surface area contributed by atoms with E-state index in [1.165, 1.54) is 12.1 Å². The summed E-state index contributed by atoms with van der Waals surface area (Å²) >= 11 is 11.6. The van der Waals surface area contributed by atoms with Crippen molar-refractivity contribution in [2.45, 2.75) is 26.4 Å².